The van der Waals surface area contributed by atoms with Gasteiger partial charge in [0.05, 0.1) is 20.4 Å². The van der Waals surface area contributed by atoms with E-state index in [0.29, 0.717) is 30.8 Å². The predicted octanol–water partition coefficient (Wildman–Crippen LogP) is 4.62. The molecule has 26 heavy (non-hydrogen) atoms. The first-order valence-electron chi connectivity index (χ1n) is 8.13. The number of aromatic hydroxyl groups is 1. The zero-order chi connectivity index (χ0) is 18.9. The molecular weight excluding hydrogens is 342 g/mol. The van der Waals surface area contributed by atoms with E-state index in [1.54, 1.807) is 30.4 Å². The molecular formula is C20H20F2O4. The second-order valence-corrected chi connectivity index (χ2v) is 5.53. The molecule has 0 atom stereocenters. The molecule has 0 bridgehead atoms. The molecule has 0 radical (unpaired) electrons. The van der Waals surface area contributed by atoms with Crippen molar-refractivity contribution in [1.29, 1.82) is 0 Å². The molecule has 2 aromatic rings. The standard InChI is InChI=1S/C20H20F2O4/c1-25-20(24)19-15(7-4-14-5-8-16(22)9-6-14)12-17(13-18(19)23)26-11-3-2-10-21/h4-9,12-13,23H,2-3,10-11H2,1H3/b7-4+. The summed E-state index contributed by atoms with van der Waals surface area (Å²) in [5.41, 5.74) is 1.11. The first-order valence-corrected chi connectivity index (χ1v) is 8.13. The van der Waals surface area contributed by atoms with Crippen molar-refractivity contribution in [3.63, 3.8) is 0 Å². The van der Waals surface area contributed by atoms with Crippen molar-refractivity contribution in [3.05, 3.63) is 58.9 Å². The van der Waals surface area contributed by atoms with Crippen molar-refractivity contribution in [1.82, 2.24) is 0 Å². The highest BCUT2D eigenvalue weighted by atomic mass is 19.1. The molecule has 0 saturated heterocycles. The lowest BCUT2D eigenvalue weighted by molar-refractivity contribution is 0.0597. The van der Waals surface area contributed by atoms with Gasteiger partial charge in [0.2, 0.25) is 0 Å². The molecule has 0 aromatic heterocycles. The Hall–Kier alpha value is -2.89. The summed E-state index contributed by atoms with van der Waals surface area (Å²) < 4.78 is 35.3. The van der Waals surface area contributed by atoms with E-state index < -0.39 is 12.6 Å². The van der Waals surface area contributed by atoms with Crippen LogP contribution in [0.1, 0.15) is 34.3 Å². The van der Waals surface area contributed by atoms with Gasteiger partial charge in [0.25, 0.3) is 0 Å². The highest BCUT2D eigenvalue weighted by Crippen LogP contribution is 2.30. The Labute approximate surface area is 150 Å². The van der Waals surface area contributed by atoms with Crippen LogP contribution in [0.15, 0.2) is 36.4 Å². The SMILES string of the molecule is COC(=O)c1c(O)cc(OCCCCF)cc1/C=C/c1ccc(F)cc1. The maximum Gasteiger partial charge on any atom is 0.342 e. The van der Waals surface area contributed by atoms with E-state index in [4.69, 9.17) is 9.47 Å². The van der Waals surface area contributed by atoms with Gasteiger partial charge in [-0.2, -0.15) is 0 Å². The summed E-state index contributed by atoms with van der Waals surface area (Å²) in [7, 11) is 1.22. The van der Waals surface area contributed by atoms with Crippen molar-refractivity contribution in [3.8, 4) is 11.5 Å². The van der Waals surface area contributed by atoms with Gasteiger partial charge >= 0.3 is 5.97 Å². The summed E-state index contributed by atoms with van der Waals surface area (Å²) in [6.45, 7) is -0.121. The lowest BCUT2D eigenvalue weighted by Gasteiger charge is -2.11. The zero-order valence-corrected chi connectivity index (χ0v) is 14.4. The minimum atomic E-state index is -0.690. The summed E-state index contributed by atoms with van der Waals surface area (Å²) in [5.74, 6) is -0.963. The molecule has 4 nitrogen and oxygen atoms in total. The Morgan fingerprint density at radius 1 is 1.15 bits per heavy atom. The van der Waals surface area contributed by atoms with E-state index in [9.17, 15) is 18.7 Å². The molecule has 0 amide bonds. The Kier molecular flexibility index (Phi) is 7.14. The molecule has 0 saturated carbocycles. The highest BCUT2D eigenvalue weighted by Gasteiger charge is 2.17. The van der Waals surface area contributed by atoms with Crippen LogP contribution in [-0.4, -0.2) is 31.5 Å². The average molecular weight is 362 g/mol. The molecule has 6 heteroatoms. The quantitative estimate of drug-likeness (QED) is 0.423. The largest absolute Gasteiger partial charge is 0.507 e. The molecule has 2 rings (SSSR count). The van der Waals surface area contributed by atoms with Crippen LogP contribution in [0, 0.1) is 5.82 Å². The predicted molar refractivity (Wildman–Crippen MR) is 95.5 cm³/mol. The fraction of sp³-hybridized carbons (Fsp3) is 0.250. The van der Waals surface area contributed by atoms with Crippen LogP contribution >= 0.6 is 0 Å². The number of esters is 1. The topological polar surface area (TPSA) is 55.8 Å². The van der Waals surface area contributed by atoms with Gasteiger partial charge in [-0.1, -0.05) is 24.3 Å². The van der Waals surface area contributed by atoms with Crippen molar-refractivity contribution in [2.24, 2.45) is 0 Å². The summed E-state index contributed by atoms with van der Waals surface area (Å²) in [5, 5.41) is 10.2. The number of carbonyl (C=O) groups excluding carboxylic acids is 1. The Balaban J connectivity index is 2.31. The first-order chi connectivity index (χ1) is 12.5. The number of hydrogen-bond acceptors (Lipinski definition) is 4. The van der Waals surface area contributed by atoms with E-state index >= 15 is 0 Å². The third-order valence-electron chi connectivity index (χ3n) is 3.63. The minimum absolute atomic E-state index is 0.00182. The summed E-state index contributed by atoms with van der Waals surface area (Å²) in [6.07, 6.45) is 4.21. The molecule has 0 unspecified atom stereocenters. The van der Waals surface area contributed by atoms with Gasteiger partial charge in [-0.15, -0.1) is 0 Å². The fourth-order valence-electron chi connectivity index (χ4n) is 2.31. The van der Waals surface area contributed by atoms with Gasteiger partial charge in [0.15, 0.2) is 0 Å². The third-order valence-corrected chi connectivity index (χ3v) is 3.63. The molecule has 0 spiro atoms. The van der Waals surface area contributed by atoms with E-state index in [1.807, 2.05) is 0 Å². The number of halogens is 2. The number of benzene rings is 2. The molecule has 138 valence electrons. The van der Waals surface area contributed by atoms with Gasteiger partial charge in [-0.05, 0) is 42.2 Å². The molecule has 2 aromatic carbocycles. The molecule has 0 aliphatic rings. The van der Waals surface area contributed by atoms with Crippen LogP contribution < -0.4 is 4.74 Å². The van der Waals surface area contributed by atoms with Crippen LogP contribution in [0.2, 0.25) is 0 Å². The number of carbonyl (C=O) groups is 1. The fourth-order valence-corrected chi connectivity index (χ4v) is 2.31. The van der Waals surface area contributed by atoms with Crippen molar-refractivity contribution < 1.29 is 28.2 Å². The summed E-state index contributed by atoms with van der Waals surface area (Å²) in [4.78, 5) is 12.0. The number of phenols is 1. The number of ether oxygens (including phenoxy) is 2. The number of rotatable bonds is 8. The molecule has 0 aliphatic heterocycles. The highest BCUT2D eigenvalue weighted by molar-refractivity contribution is 5.98. The Bertz CT molecular complexity index is 770. The first kappa shape index (κ1) is 19.4. The van der Waals surface area contributed by atoms with Gasteiger partial charge in [0.1, 0.15) is 22.9 Å². The number of phenolic OH excluding ortho intramolecular Hbond substituents is 1. The maximum absolute atomic E-state index is 13.0. The van der Waals surface area contributed by atoms with Crippen molar-refractivity contribution >= 4 is 18.1 Å². The van der Waals surface area contributed by atoms with E-state index in [0.717, 1.165) is 5.56 Å². The number of unbranched alkanes of at least 4 members (excludes halogenated alkanes) is 1. The van der Waals surface area contributed by atoms with Crippen LogP contribution in [-0.2, 0) is 4.74 Å². The van der Waals surface area contributed by atoms with E-state index in [1.165, 1.54) is 25.3 Å². The molecule has 1 N–H and O–H groups in total. The van der Waals surface area contributed by atoms with Crippen LogP contribution in [0.5, 0.6) is 11.5 Å². The maximum atomic E-state index is 13.0. The number of hydrogen-bond donors (Lipinski definition) is 1. The summed E-state index contributed by atoms with van der Waals surface area (Å²) >= 11 is 0. The normalized spacial score (nSPS) is 10.9. The number of methoxy groups -OCH3 is 1. The minimum Gasteiger partial charge on any atom is -0.507 e. The van der Waals surface area contributed by atoms with Crippen LogP contribution in [0.3, 0.4) is 0 Å². The average Bonchev–Trinajstić information content (AvgIpc) is 2.64. The van der Waals surface area contributed by atoms with Crippen molar-refractivity contribution in [2.75, 3.05) is 20.4 Å². The molecule has 0 fully saturated rings. The summed E-state index contributed by atoms with van der Waals surface area (Å²) in [6, 6.07) is 8.71. The third kappa shape index (κ3) is 5.31. The van der Waals surface area contributed by atoms with Crippen molar-refractivity contribution in [2.45, 2.75) is 12.8 Å². The van der Waals surface area contributed by atoms with E-state index in [2.05, 4.69) is 0 Å². The van der Waals surface area contributed by atoms with Crippen LogP contribution in [0.25, 0.3) is 12.2 Å². The monoisotopic (exact) mass is 362 g/mol. The number of alkyl halides is 1. The zero-order valence-electron chi connectivity index (χ0n) is 14.4. The molecule has 0 aliphatic carbocycles. The lowest BCUT2D eigenvalue weighted by Crippen LogP contribution is -2.05. The second kappa shape index (κ2) is 9.56. The van der Waals surface area contributed by atoms with Gasteiger partial charge < -0.3 is 14.6 Å². The Morgan fingerprint density at radius 2 is 1.88 bits per heavy atom. The van der Waals surface area contributed by atoms with Gasteiger partial charge in [-0.3, -0.25) is 4.39 Å². The molecule has 0 heterocycles. The van der Waals surface area contributed by atoms with Gasteiger partial charge in [-0.25, -0.2) is 9.18 Å². The van der Waals surface area contributed by atoms with Crippen LogP contribution in [0.4, 0.5) is 8.78 Å². The van der Waals surface area contributed by atoms with Gasteiger partial charge in [0, 0.05) is 6.07 Å². The Morgan fingerprint density at radius 3 is 2.54 bits per heavy atom. The van der Waals surface area contributed by atoms with E-state index in [-0.39, 0.29) is 17.1 Å². The lowest BCUT2D eigenvalue weighted by atomic mass is 10.0. The second-order valence-electron chi connectivity index (χ2n) is 5.53. The smallest absolute Gasteiger partial charge is 0.342 e.